The molecule has 0 saturated carbocycles. The molecule has 1 heterocycles. The van der Waals surface area contributed by atoms with Gasteiger partial charge in [-0.3, -0.25) is 0 Å². The van der Waals surface area contributed by atoms with E-state index in [4.69, 9.17) is 0 Å². The van der Waals surface area contributed by atoms with E-state index in [1.807, 2.05) is 60.7 Å². The fraction of sp³-hybridized carbons (Fsp3) is 0.429. The summed E-state index contributed by atoms with van der Waals surface area (Å²) in [6.07, 6.45) is 1.95. The van der Waals surface area contributed by atoms with Crippen LogP contribution < -0.4 is 0 Å². The highest BCUT2D eigenvalue weighted by molar-refractivity contribution is 5.36. The summed E-state index contributed by atoms with van der Waals surface area (Å²) in [5.74, 6) is 0.530. The van der Waals surface area contributed by atoms with Gasteiger partial charge in [-0.25, -0.2) is 0 Å². The van der Waals surface area contributed by atoms with Gasteiger partial charge >= 0.3 is 0 Å². The lowest BCUT2D eigenvalue weighted by atomic mass is 9.79. The number of likely N-dealkylation sites (tertiary alicyclic amines) is 1. The number of rotatable bonds is 5. The smallest absolute Gasteiger partial charge is 0.115 e. The van der Waals surface area contributed by atoms with Crippen molar-refractivity contribution < 1.29 is 5.11 Å². The van der Waals surface area contributed by atoms with Crippen LogP contribution in [0.25, 0.3) is 0 Å². The quantitative estimate of drug-likeness (QED) is 0.901. The predicted octanol–water partition coefficient (Wildman–Crippen LogP) is 4.04. The van der Waals surface area contributed by atoms with Crippen molar-refractivity contribution in [3.05, 3.63) is 71.8 Å². The first-order valence-corrected chi connectivity index (χ1v) is 8.67. The van der Waals surface area contributed by atoms with Crippen LogP contribution in [0.3, 0.4) is 0 Å². The highest BCUT2D eigenvalue weighted by Crippen LogP contribution is 2.38. The fourth-order valence-electron chi connectivity index (χ4n) is 3.75. The van der Waals surface area contributed by atoms with Crippen LogP contribution in [0.1, 0.15) is 37.8 Å². The Balaban J connectivity index is 1.88. The molecule has 1 fully saturated rings. The molecule has 1 atom stereocenters. The monoisotopic (exact) mass is 309 g/mol. The lowest BCUT2D eigenvalue weighted by Crippen LogP contribution is -2.33. The number of nitrogens with zero attached hydrogens (tertiary/aromatic N) is 1. The Kier molecular flexibility index (Phi) is 4.84. The second-order valence-electron chi connectivity index (χ2n) is 7.04. The molecule has 1 saturated heterocycles. The van der Waals surface area contributed by atoms with E-state index in [0.29, 0.717) is 12.0 Å². The topological polar surface area (TPSA) is 23.5 Å². The van der Waals surface area contributed by atoms with E-state index in [2.05, 4.69) is 18.7 Å². The van der Waals surface area contributed by atoms with Gasteiger partial charge in [0.05, 0.1) is 0 Å². The molecule has 3 rings (SSSR count). The minimum Gasteiger partial charge on any atom is -0.380 e. The summed E-state index contributed by atoms with van der Waals surface area (Å²) >= 11 is 0. The molecule has 2 aromatic rings. The summed E-state index contributed by atoms with van der Waals surface area (Å²) in [4.78, 5) is 2.51. The zero-order chi connectivity index (χ0) is 16.3. The standard InChI is InChI=1S/C21H27NO/c1-17(2)22-14-13-18(16-22)15-21(23,19-9-5-3-6-10-19)20-11-7-4-8-12-20/h3-12,17-18,23H,13-16H2,1-2H3/t18-/m1/s1. The molecule has 2 aromatic carbocycles. The van der Waals surface area contributed by atoms with Gasteiger partial charge in [-0.2, -0.15) is 0 Å². The Morgan fingerprint density at radius 2 is 1.52 bits per heavy atom. The molecule has 122 valence electrons. The van der Waals surface area contributed by atoms with Crippen molar-refractivity contribution in [2.75, 3.05) is 13.1 Å². The largest absolute Gasteiger partial charge is 0.380 e. The Morgan fingerprint density at radius 1 is 1.00 bits per heavy atom. The van der Waals surface area contributed by atoms with Crippen LogP contribution in [-0.4, -0.2) is 29.1 Å². The van der Waals surface area contributed by atoms with Gasteiger partial charge in [0.1, 0.15) is 5.60 Å². The fourth-order valence-corrected chi connectivity index (χ4v) is 3.75. The summed E-state index contributed by atoms with van der Waals surface area (Å²) in [5.41, 5.74) is 1.09. The second-order valence-corrected chi connectivity index (χ2v) is 7.04. The van der Waals surface area contributed by atoms with Crippen molar-refractivity contribution >= 4 is 0 Å². The van der Waals surface area contributed by atoms with E-state index in [9.17, 15) is 5.11 Å². The zero-order valence-electron chi connectivity index (χ0n) is 14.2. The van der Waals surface area contributed by atoms with Gasteiger partial charge < -0.3 is 10.0 Å². The van der Waals surface area contributed by atoms with E-state index >= 15 is 0 Å². The first kappa shape index (κ1) is 16.2. The van der Waals surface area contributed by atoms with E-state index in [1.165, 1.54) is 6.42 Å². The van der Waals surface area contributed by atoms with Gasteiger partial charge in [-0.05, 0) is 50.3 Å². The van der Waals surface area contributed by atoms with E-state index < -0.39 is 5.60 Å². The summed E-state index contributed by atoms with van der Waals surface area (Å²) in [7, 11) is 0. The molecule has 1 aliphatic rings. The van der Waals surface area contributed by atoms with Gasteiger partial charge in [0.15, 0.2) is 0 Å². The van der Waals surface area contributed by atoms with Crippen LogP contribution in [-0.2, 0) is 5.60 Å². The van der Waals surface area contributed by atoms with Gasteiger partial charge in [0.25, 0.3) is 0 Å². The van der Waals surface area contributed by atoms with Crippen LogP contribution in [0, 0.1) is 5.92 Å². The highest BCUT2D eigenvalue weighted by Gasteiger charge is 2.36. The van der Waals surface area contributed by atoms with Gasteiger partial charge in [0.2, 0.25) is 0 Å². The molecule has 2 heteroatoms. The summed E-state index contributed by atoms with van der Waals surface area (Å²) in [5, 5.41) is 11.6. The van der Waals surface area contributed by atoms with Crippen LogP contribution >= 0.6 is 0 Å². The number of hydrogen-bond donors (Lipinski definition) is 1. The third-order valence-electron chi connectivity index (χ3n) is 5.13. The first-order chi connectivity index (χ1) is 11.1. The maximum atomic E-state index is 11.6. The lowest BCUT2D eigenvalue weighted by Gasteiger charge is -2.32. The summed E-state index contributed by atoms with van der Waals surface area (Å²) in [6, 6.07) is 20.8. The molecular weight excluding hydrogens is 282 g/mol. The number of hydrogen-bond acceptors (Lipinski definition) is 2. The van der Waals surface area contributed by atoms with Gasteiger partial charge in [-0.15, -0.1) is 0 Å². The predicted molar refractivity (Wildman–Crippen MR) is 95.3 cm³/mol. The molecule has 2 nitrogen and oxygen atoms in total. The minimum atomic E-state index is -0.903. The van der Waals surface area contributed by atoms with Crippen molar-refractivity contribution in [2.45, 2.75) is 38.3 Å². The average Bonchev–Trinajstić information content (AvgIpc) is 3.05. The van der Waals surface area contributed by atoms with Crippen molar-refractivity contribution in [2.24, 2.45) is 5.92 Å². The maximum absolute atomic E-state index is 11.6. The Labute approximate surface area is 139 Å². The summed E-state index contributed by atoms with van der Waals surface area (Å²) in [6.45, 7) is 6.73. The van der Waals surface area contributed by atoms with Crippen LogP contribution in [0.4, 0.5) is 0 Å². The molecule has 0 spiro atoms. The average molecular weight is 309 g/mol. The molecule has 1 N–H and O–H groups in total. The molecule has 0 bridgehead atoms. The van der Waals surface area contributed by atoms with Crippen molar-refractivity contribution in [1.29, 1.82) is 0 Å². The second kappa shape index (κ2) is 6.86. The number of benzene rings is 2. The van der Waals surface area contributed by atoms with Gasteiger partial charge in [0, 0.05) is 12.6 Å². The minimum absolute atomic E-state index is 0.530. The molecule has 0 aliphatic carbocycles. The molecule has 0 unspecified atom stereocenters. The Hall–Kier alpha value is -1.64. The van der Waals surface area contributed by atoms with E-state index in [0.717, 1.165) is 30.6 Å². The van der Waals surface area contributed by atoms with Crippen molar-refractivity contribution in [3.63, 3.8) is 0 Å². The molecule has 0 radical (unpaired) electrons. The molecular formula is C21H27NO. The van der Waals surface area contributed by atoms with Crippen LogP contribution in [0.15, 0.2) is 60.7 Å². The van der Waals surface area contributed by atoms with Gasteiger partial charge in [-0.1, -0.05) is 60.7 Å². The third kappa shape index (κ3) is 3.49. The van der Waals surface area contributed by atoms with Crippen LogP contribution in [0.2, 0.25) is 0 Å². The summed E-state index contributed by atoms with van der Waals surface area (Å²) < 4.78 is 0. The van der Waals surface area contributed by atoms with Crippen molar-refractivity contribution in [3.8, 4) is 0 Å². The maximum Gasteiger partial charge on any atom is 0.115 e. The molecule has 1 aliphatic heterocycles. The Morgan fingerprint density at radius 3 is 1.96 bits per heavy atom. The Bertz CT molecular complexity index is 569. The lowest BCUT2D eigenvalue weighted by molar-refractivity contribution is 0.0526. The number of aliphatic hydroxyl groups is 1. The first-order valence-electron chi connectivity index (χ1n) is 8.67. The SMILES string of the molecule is CC(C)N1CC[C@H](CC(O)(c2ccccc2)c2ccccc2)C1. The third-order valence-corrected chi connectivity index (χ3v) is 5.13. The molecule has 0 amide bonds. The van der Waals surface area contributed by atoms with Crippen LogP contribution in [0.5, 0.6) is 0 Å². The molecule has 0 aromatic heterocycles. The highest BCUT2D eigenvalue weighted by atomic mass is 16.3. The van der Waals surface area contributed by atoms with E-state index in [-0.39, 0.29) is 0 Å². The van der Waals surface area contributed by atoms with E-state index in [1.54, 1.807) is 0 Å². The molecule has 23 heavy (non-hydrogen) atoms. The normalized spacial score (nSPS) is 19.4. The zero-order valence-corrected chi connectivity index (χ0v) is 14.2. The van der Waals surface area contributed by atoms with Crippen molar-refractivity contribution in [1.82, 2.24) is 4.90 Å².